The highest BCUT2D eigenvalue weighted by Gasteiger charge is 2.13. The lowest BCUT2D eigenvalue weighted by atomic mass is 10.2. The Morgan fingerprint density at radius 2 is 1.81 bits per heavy atom. The molecule has 1 aromatic heterocycles. The molecule has 108 valence electrons. The summed E-state index contributed by atoms with van der Waals surface area (Å²) in [6.07, 6.45) is 0. The number of rotatable bonds is 3. The molecule has 3 aromatic rings. The van der Waals surface area contributed by atoms with Crippen LogP contribution in [0.3, 0.4) is 0 Å². The molecule has 0 aliphatic carbocycles. The van der Waals surface area contributed by atoms with Gasteiger partial charge in [-0.2, -0.15) is 0 Å². The number of ether oxygens (including phenoxy) is 2. The SMILES string of the molecule is COc1cc2nc(-c3ccc(Br)cc3Cl)[nH]c2cc1OC. The summed E-state index contributed by atoms with van der Waals surface area (Å²) in [7, 11) is 3.20. The Kier molecular flexibility index (Phi) is 3.78. The number of methoxy groups -OCH3 is 2. The van der Waals surface area contributed by atoms with Crippen molar-refractivity contribution in [2.45, 2.75) is 0 Å². The third kappa shape index (κ3) is 2.59. The van der Waals surface area contributed by atoms with E-state index in [1.807, 2.05) is 30.3 Å². The predicted octanol–water partition coefficient (Wildman–Crippen LogP) is 4.66. The number of hydrogen-bond acceptors (Lipinski definition) is 3. The second kappa shape index (κ2) is 5.58. The van der Waals surface area contributed by atoms with Crippen molar-refractivity contribution in [3.05, 3.63) is 39.8 Å². The smallest absolute Gasteiger partial charge is 0.163 e. The van der Waals surface area contributed by atoms with Crippen LogP contribution in [0.15, 0.2) is 34.8 Å². The summed E-state index contributed by atoms with van der Waals surface area (Å²) >= 11 is 9.66. The van der Waals surface area contributed by atoms with Crippen molar-refractivity contribution in [1.82, 2.24) is 9.97 Å². The lowest BCUT2D eigenvalue weighted by Crippen LogP contribution is -1.89. The van der Waals surface area contributed by atoms with Crippen LogP contribution < -0.4 is 9.47 Å². The van der Waals surface area contributed by atoms with E-state index in [1.165, 1.54) is 0 Å². The van der Waals surface area contributed by atoms with Crippen LogP contribution in [0, 0.1) is 0 Å². The Morgan fingerprint density at radius 1 is 1.10 bits per heavy atom. The van der Waals surface area contributed by atoms with Crippen molar-refractivity contribution < 1.29 is 9.47 Å². The number of aromatic nitrogens is 2. The van der Waals surface area contributed by atoms with Gasteiger partial charge in [0.15, 0.2) is 11.5 Å². The van der Waals surface area contributed by atoms with Gasteiger partial charge in [0.25, 0.3) is 0 Å². The molecule has 1 heterocycles. The number of H-pyrrole nitrogens is 1. The summed E-state index contributed by atoms with van der Waals surface area (Å²) in [6, 6.07) is 9.37. The molecule has 1 N–H and O–H groups in total. The molecule has 0 aliphatic rings. The van der Waals surface area contributed by atoms with E-state index in [4.69, 9.17) is 21.1 Å². The summed E-state index contributed by atoms with van der Waals surface area (Å²) in [6.45, 7) is 0. The maximum Gasteiger partial charge on any atom is 0.163 e. The number of halogens is 2. The molecule has 4 nitrogen and oxygen atoms in total. The molecule has 0 unspecified atom stereocenters. The Labute approximate surface area is 135 Å². The fourth-order valence-electron chi connectivity index (χ4n) is 2.15. The van der Waals surface area contributed by atoms with E-state index in [9.17, 15) is 0 Å². The second-order valence-corrected chi connectivity index (χ2v) is 5.76. The van der Waals surface area contributed by atoms with E-state index in [0.717, 1.165) is 21.1 Å². The minimum absolute atomic E-state index is 0.627. The first-order chi connectivity index (χ1) is 10.1. The highest BCUT2D eigenvalue weighted by atomic mass is 79.9. The lowest BCUT2D eigenvalue weighted by molar-refractivity contribution is 0.356. The van der Waals surface area contributed by atoms with Gasteiger partial charge in [-0.05, 0) is 18.2 Å². The van der Waals surface area contributed by atoms with Crippen molar-refractivity contribution >= 4 is 38.6 Å². The number of nitrogens with one attached hydrogen (secondary N) is 1. The van der Waals surface area contributed by atoms with E-state index in [2.05, 4.69) is 25.9 Å². The van der Waals surface area contributed by atoms with Crippen LogP contribution in [0.2, 0.25) is 5.02 Å². The van der Waals surface area contributed by atoms with Crippen LogP contribution >= 0.6 is 27.5 Å². The molecular formula is C15H12BrClN2O2. The van der Waals surface area contributed by atoms with Crippen LogP contribution in [0.5, 0.6) is 11.5 Å². The summed E-state index contributed by atoms with van der Waals surface area (Å²) < 4.78 is 11.5. The second-order valence-electron chi connectivity index (χ2n) is 4.43. The average Bonchev–Trinajstić information content (AvgIpc) is 2.87. The fourth-order valence-corrected chi connectivity index (χ4v) is 2.91. The first-order valence-electron chi connectivity index (χ1n) is 6.19. The molecular weight excluding hydrogens is 356 g/mol. The monoisotopic (exact) mass is 366 g/mol. The van der Waals surface area contributed by atoms with Crippen molar-refractivity contribution in [3.8, 4) is 22.9 Å². The highest BCUT2D eigenvalue weighted by molar-refractivity contribution is 9.10. The van der Waals surface area contributed by atoms with Crippen LogP contribution in [0.4, 0.5) is 0 Å². The number of nitrogens with zero attached hydrogens (tertiary/aromatic N) is 1. The number of hydrogen-bond donors (Lipinski definition) is 1. The molecule has 0 spiro atoms. The lowest BCUT2D eigenvalue weighted by Gasteiger charge is -2.06. The Bertz CT molecular complexity index is 776. The first kappa shape index (κ1) is 14.2. The molecule has 0 bridgehead atoms. The average molecular weight is 368 g/mol. The van der Waals surface area contributed by atoms with Gasteiger partial charge in [-0.15, -0.1) is 0 Å². The summed E-state index contributed by atoms with van der Waals surface area (Å²) in [5.74, 6) is 2.00. The maximum absolute atomic E-state index is 6.27. The zero-order valence-electron chi connectivity index (χ0n) is 11.4. The van der Waals surface area contributed by atoms with Gasteiger partial charge in [-0.25, -0.2) is 4.98 Å². The third-order valence-corrected chi connectivity index (χ3v) is 3.98. The summed E-state index contributed by atoms with van der Waals surface area (Å²) in [5, 5.41) is 0.627. The van der Waals surface area contributed by atoms with Crippen molar-refractivity contribution in [1.29, 1.82) is 0 Å². The molecule has 3 rings (SSSR count). The Balaban J connectivity index is 2.16. The van der Waals surface area contributed by atoms with E-state index in [1.54, 1.807) is 14.2 Å². The van der Waals surface area contributed by atoms with Gasteiger partial charge in [0.1, 0.15) is 5.82 Å². The standard InChI is InChI=1S/C15H12BrClN2O2/c1-20-13-6-11-12(7-14(13)21-2)19-15(18-11)9-4-3-8(16)5-10(9)17/h3-7H,1-2H3,(H,18,19). The van der Waals surface area contributed by atoms with Crippen molar-refractivity contribution in [2.75, 3.05) is 14.2 Å². The zero-order valence-corrected chi connectivity index (χ0v) is 13.7. The third-order valence-electron chi connectivity index (χ3n) is 3.17. The molecule has 0 atom stereocenters. The van der Waals surface area contributed by atoms with Crippen LogP contribution in [0.25, 0.3) is 22.4 Å². The molecule has 2 aromatic carbocycles. The molecule has 0 amide bonds. The minimum atomic E-state index is 0.627. The molecule has 0 saturated carbocycles. The van der Waals surface area contributed by atoms with Crippen molar-refractivity contribution in [2.24, 2.45) is 0 Å². The van der Waals surface area contributed by atoms with Crippen LogP contribution in [0.1, 0.15) is 0 Å². The highest BCUT2D eigenvalue weighted by Crippen LogP contribution is 2.34. The summed E-state index contributed by atoms with van der Waals surface area (Å²) in [5.41, 5.74) is 2.50. The van der Waals surface area contributed by atoms with Crippen molar-refractivity contribution in [3.63, 3.8) is 0 Å². The van der Waals surface area contributed by atoms with Crippen LogP contribution in [-0.2, 0) is 0 Å². The van der Waals surface area contributed by atoms with E-state index < -0.39 is 0 Å². The summed E-state index contributed by atoms with van der Waals surface area (Å²) in [4.78, 5) is 7.82. The topological polar surface area (TPSA) is 47.1 Å². The number of benzene rings is 2. The molecule has 0 aliphatic heterocycles. The van der Waals surface area contributed by atoms with Gasteiger partial charge in [0.05, 0.1) is 30.3 Å². The number of aromatic amines is 1. The van der Waals surface area contributed by atoms with Gasteiger partial charge in [0, 0.05) is 22.2 Å². The molecule has 6 heteroatoms. The van der Waals surface area contributed by atoms with Gasteiger partial charge in [0.2, 0.25) is 0 Å². The zero-order chi connectivity index (χ0) is 15.0. The van der Waals surface area contributed by atoms with Gasteiger partial charge in [-0.1, -0.05) is 27.5 Å². The maximum atomic E-state index is 6.27. The van der Waals surface area contributed by atoms with E-state index >= 15 is 0 Å². The van der Waals surface area contributed by atoms with Crippen LogP contribution in [-0.4, -0.2) is 24.2 Å². The largest absolute Gasteiger partial charge is 0.493 e. The van der Waals surface area contributed by atoms with Gasteiger partial charge >= 0.3 is 0 Å². The quantitative estimate of drug-likeness (QED) is 0.732. The normalized spacial score (nSPS) is 10.9. The minimum Gasteiger partial charge on any atom is -0.493 e. The van der Waals surface area contributed by atoms with E-state index in [-0.39, 0.29) is 0 Å². The Hall–Kier alpha value is -1.72. The molecule has 21 heavy (non-hydrogen) atoms. The molecule has 0 radical (unpaired) electrons. The predicted molar refractivity (Wildman–Crippen MR) is 87.3 cm³/mol. The number of fused-ring (bicyclic) bond motifs is 1. The molecule has 0 fully saturated rings. The van der Waals surface area contributed by atoms with Gasteiger partial charge < -0.3 is 14.5 Å². The Morgan fingerprint density at radius 3 is 2.48 bits per heavy atom. The molecule has 0 saturated heterocycles. The van der Waals surface area contributed by atoms with E-state index in [0.29, 0.717) is 22.3 Å². The first-order valence-corrected chi connectivity index (χ1v) is 7.36. The fraction of sp³-hybridized carbons (Fsp3) is 0.133. The number of imidazole rings is 1. The van der Waals surface area contributed by atoms with Gasteiger partial charge in [-0.3, -0.25) is 0 Å².